The molecule has 0 bridgehead atoms. The largest absolute Gasteiger partial charge is 0.464 e. The molecule has 0 radical (unpaired) electrons. The second-order valence-electron chi connectivity index (χ2n) is 4.45. The van der Waals surface area contributed by atoms with Crippen molar-refractivity contribution >= 4 is 46.3 Å². The van der Waals surface area contributed by atoms with Crippen LogP contribution in [0.1, 0.15) is 24.3 Å². The van der Waals surface area contributed by atoms with E-state index in [-0.39, 0.29) is 6.61 Å². The number of rotatable bonds is 4. The smallest absolute Gasteiger partial charge is 0.329 e. The summed E-state index contributed by atoms with van der Waals surface area (Å²) in [4.78, 5) is 38.2. The van der Waals surface area contributed by atoms with Crippen molar-refractivity contribution in [1.82, 2.24) is 4.90 Å². The number of imide groups is 1. The molecule has 0 aliphatic carbocycles. The predicted molar refractivity (Wildman–Crippen MR) is 83.0 cm³/mol. The predicted octanol–water partition coefficient (Wildman–Crippen LogP) is 3.04. The van der Waals surface area contributed by atoms with Gasteiger partial charge in [0.05, 0.1) is 11.5 Å². The van der Waals surface area contributed by atoms with Crippen LogP contribution >= 0.6 is 23.1 Å². The molecule has 0 aromatic carbocycles. The molecule has 0 saturated carbocycles. The van der Waals surface area contributed by atoms with Gasteiger partial charge in [0.15, 0.2) is 0 Å². The summed E-state index contributed by atoms with van der Waals surface area (Å²) in [5.41, 5.74) is 1.05. The van der Waals surface area contributed by atoms with Crippen molar-refractivity contribution in [1.29, 1.82) is 0 Å². The van der Waals surface area contributed by atoms with Gasteiger partial charge in [-0.05, 0) is 55.6 Å². The number of thioether (sulfide) groups is 1. The number of amides is 2. The average Bonchev–Trinajstić information content (AvgIpc) is 2.95. The molecule has 1 aliphatic heterocycles. The van der Waals surface area contributed by atoms with E-state index in [1.807, 2.05) is 18.4 Å². The molecule has 2 rings (SSSR count). The van der Waals surface area contributed by atoms with Gasteiger partial charge in [0.25, 0.3) is 11.1 Å². The zero-order valence-corrected chi connectivity index (χ0v) is 13.5. The molecule has 21 heavy (non-hydrogen) atoms. The van der Waals surface area contributed by atoms with Crippen LogP contribution in [0.4, 0.5) is 4.79 Å². The highest BCUT2D eigenvalue weighted by molar-refractivity contribution is 8.18. The van der Waals surface area contributed by atoms with Crippen molar-refractivity contribution in [2.75, 3.05) is 6.61 Å². The topological polar surface area (TPSA) is 63.7 Å². The summed E-state index contributed by atoms with van der Waals surface area (Å²) in [7, 11) is 0. The first-order valence-corrected chi connectivity index (χ1v) is 8.13. The Kier molecular flexibility index (Phi) is 4.84. The monoisotopic (exact) mass is 325 g/mol. The fraction of sp³-hybridized carbons (Fsp3) is 0.357. The molecule has 2 amide bonds. The van der Waals surface area contributed by atoms with E-state index in [1.165, 1.54) is 18.3 Å². The van der Waals surface area contributed by atoms with E-state index in [2.05, 4.69) is 0 Å². The number of hydrogen-bond donors (Lipinski definition) is 0. The van der Waals surface area contributed by atoms with Gasteiger partial charge in [-0.15, -0.1) is 11.3 Å². The molecule has 7 heteroatoms. The SMILES string of the molecule is CCOC(=O)C(C)N1C(=O)SC(=Cc2sccc2C)C1=O. The van der Waals surface area contributed by atoms with Crippen molar-refractivity contribution in [2.45, 2.75) is 26.8 Å². The Morgan fingerprint density at radius 3 is 2.76 bits per heavy atom. The molecular weight excluding hydrogens is 310 g/mol. The van der Waals surface area contributed by atoms with E-state index in [1.54, 1.807) is 13.0 Å². The van der Waals surface area contributed by atoms with Gasteiger partial charge >= 0.3 is 5.97 Å². The van der Waals surface area contributed by atoms with Crippen LogP contribution in [-0.4, -0.2) is 34.7 Å². The van der Waals surface area contributed by atoms with Crippen LogP contribution in [0.2, 0.25) is 0 Å². The van der Waals surface area contributed by atoms with E-state index in [4.69, 9.17) is 4.74 Å². The van der Waals surface area contributed by atoms with Gasteiger partial charge in [0.2, 0.25) is 0 Å². The second-order valence-corrected chi connectivity index (χ2v) is 6.39. The van der Waals surface area contributed by atoms with E-state index < -0.39 is 23.2 Å². The molecule has 1 unspecified atom stereocenters. The van der Waals surface area contributed by atoms with Crippen molar-refractivity contribution < 1.29 is 19.1 Å². The van der Waals surface area contributed by atoms with E-state index in [9.17, 15) is 14.4 Å². The van der Waals surface area contributed by atoms with E-state index in [0.717, 1.165) is 27.1 Å². The molecule has 1 atom stereocenters. The minimum absolute atomic E-state index is 0.212. The number of hydrogen-bond acceptors (Lipinski definition) is 6. The van der Waals surface area contributed by atoms with Crippen molar-refractivity contribution in [3.05, 3.63) is 26.8 Å². The number of ether oxygens (including phenoxy) is 1. The summed E-state index contributed by atoms with van der Waals surface area (Å²) in [6.45, 7) is 5.32. The quantitative estimate of drug-likeness (QED) is 0.629. The Balaban J connectivity index is 2.23. The Morgan fingerprint density at radius 1 is 1.48 bits per heavy atom. The standard InChI is InChI=1S/C14H15NO4S2/c1-4-19-13(17)9(3)15-12(16)11(21-14(15)18)7-10-8(2)5-6-20-10/h5-7,9H,4H2,1-3H3. The molecule has 112 valence electrons. The number of carbonyl (C=O) groups excluding carboxylic acids is 3. The maximum atomic E-state index is 12.3. The number of thiophene rings is 1. The molecule has 1 fully saturated rings. The van der Waals surface area contributed by atoms with Crippen LogP contribution in [-0.2, 0) is 14.3 Å². The van der Waals surface area contributed by atoms with Crippen molar-refractivity contribution in [3.63, 3.8) is 0 Å². The third kappa shape index (κ3) is 3.19. The summed E-state index contributed by atoms with van der Waals surface area (Å²) in [5, 5.41) is 1.48. The van der Waals surface area contributed by atoms with Crippen LogP contribution in [0, 0.1) is 6.92 Å². The summed E-state index contributed by atoms with van der Waals surface area (Å²) in [6.07, 6.45) is 1.70. The van der Waals surface area contributed by atoms with Crippen LogP contribution in [0.3, 0.4) is 0 Å². The average molecular weight is 325 g/mol. The molecule has 1 aromatic rings. The lowest BCUT2D eigenvalue weighted by molar-refractivity contribution is -0.150. The number of esters is 1. The zero-order chi connectivity index (χ0) is 15.6. The first-order valence-electron chi connectivity index (χ1n) is 6.43. The van der Waals surface area contributed by atoms with Crippen LogP contribution in [0.15, 0.2) is 16.4 Å². The van der Waals surface area contributed by atoms with Gasteiger partial charge in [0, 0.05) is 4.88 Å². The Labute approximate surface area is 131 Å². The van der Waals surface area contributed by atoms with Crippen LogP contribution < -0.4 is 0 Å². The summed E-state index contributed by atoms with van der Waals surface area (Å²) < 4.78 is 4.86. The molecule has 2 heterocycles. The molecule has 0 spiro atoms. The third-order valence-corrected chi connectivity index (χ3v) is 4.85. The molecule has 1 aliphatic rings. The van der Waals surface area contributed by atoms with Crippen molar-refractivity contribution in [2.24, 2.45) is 0 Å². The fourth-order valence-corrected chi connectivity index (χ4v) is 3.66. The molecular formula is C14H15NO4S2. The van der Waals surface area contributed by atoms with Gasteiger partial charge < -0.3 is 4.74 Å². The summed E-state index contributed by atoms with van der Waals surface area (Å²) >= 11 is 2.35. The first kappa shape index (κ1) is 15.8. The van der Waals surface area contributed by atoms with E-state index >= 15 is 0 Å². The van der Waals surface area contributed by atoms with Gasteiger partial charge in [-0.3, -0.25) is 14.5 Å². The summed E-state index contributed by atoms with van der Waals surface area (Å²) in [6, 6.07) is 1.04. The maximum Gasteiger partial charge on any atom is 0.329 e. The van der Waals surface area contributed by atoms with Gasteiger partial charge in [-0.2, -0.15) is 0 Å². The van der Waals surface area contributed by atoms with Gasteiger partial charge in [-0.1, -0.05) is 0 Å². The number of nitrogens with zero attached hydrogens (tertiary/aromatic N) is 1. The van der Waals surface area contributed by atoms with Crippen molar-refractivity contribution in [3.8, 4) is 0 Å². The lowest BCUT2D eigenvalue weighted by Crippen LogP contribution is -2.42. The fourth-order valence-electron chi connectivity index (χ4n) is 1.83. The summed E-state index contributed by atoms with van der Waals surface area (Å²) in [5.74, 6) is -1.02. The molecule has 5 nitrogen and oxygen atoms in total. The van der Waals surface area contributed by atoms with Gasteiger partial charge in [0.1, 0.15) is 6.04 Å². The number of carbonyl (C=O) groups is 3. The lowest BCUT2D eigenvalue weighted by Gasteiger charge is -2.19. The van der Waals surface area contributed by atoms with E-state index in [0.29, 0.717) is 4.91 Å². The zero-order valence-electron chi connectivity index (χ0n) is 11.9. The van der Waals surface area contributed by atoms with Gasteiger partial charge in [-0.25, -0.2) is 4.79 Å². The highest BCUT2D eigenvalue weighted by atomic mass is 32.2. The minimum atomic E-state index is -0.909. The lowest BCUT2D eigenvalue weighted by atomic mass is 10.2. The van der Waals surface area contributed by atoms with Crippen LogP contribution in [0.5, 0.6) is 0 Å². The minimum Gasteiger partial charge on any atom is -0.464 e. The Morgan fingerprint density at radius 2 is 2.19 bits per heavy atom. The Bertz CT molecular complexity index is 620. The maximum absolute atomic E-state index is 12.3. The number of aryl methyl sites for hydroxylation is 1. The third-order valence-electron chi connectivity index (χ3n) is 3.00. The van der Waals surface area contributed by atoms with Crippen LogP contribution in [0.25, 0.3) is 6.08 Å². The highest BCUT2D eigenvalue weighted by Gasteiger charge is 2.41. The Hall–Kier alpha value is -1.60. The second kappa shape index (κ2) is 6.44. The molecule has 1 saturated heterocycles. The normalized spacial score (nSPS) is 18.4. The highest BCUT2D eigenvalue weighted by Crippen LogP contribution is 2.35. The molecule has 0 N–H and O–H groups in total. The first-order chi connectivity index (χ1) is 9.95. The molecule has 1 aromatic heterocycles.